The van der Waals surface area contributed by atoms with Gasteiger partial charge < -0.3 is 11.5 Å². The number of nitrogens with two attached hydrogens (primary N) is 2. The maximum Gasteiger partial charge on any atom is 0.296 e. The Morgan fingerprint density at radius 2 is 1.04 bits per heavy atom. The standard InChI is InChI=1S/C14H14N2O6S2/c15-11-5-3-9(7-13(11)23(17,18)19)1-2-10-4-6-12(16)14(8-10)24(20,21)22/h1-8H,15-16H2,(H,17,18,19)(H,20,21,22)/b2-1+. The van der Waals surface area contributed by atoms with Gasteiger partial charge in [-0.15, -0.1) is 0 Å². The van der Waals surface area contributed by atoms with Gasteiger partial charge in [0.2, 0.25) is 0 Å². The predicted octanol–water partition coefficient (Wildman–Crippen LogP) is 1.51. The van der Waals surface area contributed by atoms with Gasteiger partial charge in [-0.1, -0.05) is 24.3 Å². The SMILES string of the molecule is Nc1ccc(/C=C/c2ccc(N)c(S(=O)(=O)O)c2)cc1S(=O)(=O)O. The minimum Gasteiger partial charge on any atom is -0.398 e. The largest absolute Gasteiger partial charge is 0.398 e. The lowest BCUT2D eigenvalue weighted by Crippen LogP contribution is -2.03. The highest BCUT2D eigenvalue weighted by Gasteiger charge is 2.15. The van der Waals surface area contributed by atoms with Crippen LogP contribution in [0.15, 0.2) is 46.2 Å². The molecule has 24 heavy (non-hydrogen) atoms. The van der Waals surface area contributed by atoms with E-state index in [1.54, 1.807) is 0 Å². The van der Waals surface area contributed by atoms with Crippen molar-refractivity contribution in [3.8, 4) is 0 Å². The third-order valence-electron chi connectivity index (χ3n) is 3.10. The van der Waals surface area contributed by atoms with Gasteiger partial charge >= 0.3 is 0 Å². The van der Waals surface area contributed by atoms with Gasteiger partial charge in [0, 0.05) is 0 Å². The van der Waals surface area contributed by atoms with Gasteiger partial charge in [-0.3, -0.25) is 9.11 Å². The number of hydrogen-bond donors (Lipinski definition) is 4. The van der Waals surface area contributed by atoms with E-state index in [-0.39, 0.29) is 11.4 Å². The van der Waals surface area contributed by atoms with Crippen LogP contribution >= 0.6 is 0 Å². The van der Waals surface area contributed by atoms with Crippen molar-refractivity contribution in [2.45, 2.75) is 9.79 Å². The highest BCUT2D eigenvalue weighted by Crippen LogP contribution is 2.23. The second kappa shape index (κ2) is 6.24. The molecule has 10 heteroatoms. The van der Waals surface area contributed by atoms with E-state index in [2.05, 4.69) is 0 Å². The summed E-state index contributed by atoms with van der Waals surface area (Å²) >= 11 is 0. The van der Waals surface area contributed by atoms with Gasteiger partial charge in [0.05, 0.1) is 11.4 Å². The van der Waals surface area contributed by atoms with Crippen LogP contribution in [0.5, 0.6) is 0 Å². The van der Waals surface area contributed by atoms with Crippen LogP contribution in [-0.2, 0) is 20.2 Å². The Bertz CT molecular complexity index is 944. The highest BCUT2D eigenvalue weighted by molar-refractivity contribution is 7.86. The third-order valence-corrected chi connectivity index (χ3v) is 4.92. The van der Waals surface area contributed by atoms with Gasteiger partial charge in [0.25, 0.3) is 20.2 Å². The Hall–Kier alpha value is -2.40. The van der Waals surface area contributed by atoms with E-state index in [1.165, 1.54) is 48.6 Å². The molecule has 8 nitrogen and oxygen atoms in total. The first-order chi connectivity index (χ1) is 11.0. The van der Waals surface area contributed by atoms with Crippen molar-refractivity contribution in [1.82, 2.24) is 0 Å². The molecule has 2 aromatic carbocycles. The van der Waals surface area contributed by atoms with Crippen LogP contribution in [0.3, 0.4) is 0 Å². The first-order valence-corrected chi connectivity index (χ1v) is 9.28. The Labute approximate surface area is 138 Å². The molecule has 0 aromatic heterocycles. The van der Waals surface area contributed by atoms with Gasteiger partial charge in [-0.25, -0.2) is 0 Å². The highest BCUT2D eigenvalue weighted by atomic mass is 32.2. The number of anilines is 2. The summed E-state index contributed by atoms with van der Waals surface area (Å²) in [5, 5.41) is 0. The predicted molar refractivity (Wildman–Crippen MR) is 90.3 cm³/mol. The van der Waals surface area contributed by atoms with Crippen molar-refractivity contribution < 1.29 is 25.9 Å². The van der Waals surface area contributed by atoms with Gasteiger partial charge in [-0.05, 0) is 35.4 Å². The van der Waals surface area contributed by atoms with Crippen molar-refractivity contribution in [3.05, 3.63) is 47.5 Å². The van der Waals surface area contributed by atoms with E-state index in [0.29, 0.717) is 11.1 Å². The van der Waals surface area contributed by atoms with E-state index in [1.807, 2.05) is 0 Å². The number of nitrogen functional groups attached to an aromatic ring is 2. The molecule has 0 heterocycles. The molecule has 0 aliphatic heterocycles. The number of rotatable bonds is 4. The summed E-state index contributed by atoms with van der Waals surface area (Å²) in [6.07, 6.45) is 2.96. The van der Waals surface area contributed by atoms with Gasteiger partial charge in [-0.2, -0.15) is 16.8 Å². The molecule has 0 unspecified atom stereocenters. The molecular formula is C14H14N2O6S2. The van der Waals surface area contributed by atoms with Crippen LogP contribution in [0.4, 0.5) is 11.4 Å². The molecule has 2 rings (SSSR count). The number of hydrogen-bond acceptors (Lipinski definition) is 6. The topological polar surface area (TPSA) is 161 Å². The zero-order valence-corrected chi connectivity index (χ0v) is 13.8. The molecular weight excluding hydrogens is 356 g/mol. The Kier molecular flexibility index (Phi) is 4.67. The van der Waals surface area contributed by atoms with Crippen LogP contribution in [0, 0.1) is 0 Å². The minimum absolute atomic E-state index is 0.101. The van der Waals surface area contributed by atoms with Crippen molar-refractivity contribution >= 4 is 43.8 Å². The lowest BCUT2D eigenvalue weighted by Gasteiger charge is -2.05. The van der Waals surface area contributed by atoms with Crippen molar-refractivity contribution in [3.63, 3.8) is 0 Å². The van der Waals surface area contributed by atoms with Crippen LogP contribution in [0.1, 0.15) is 11.1 Å². The second-order valence-corrected chi connectivity index (χ2v) is 7.66. The monoisotopic (exact) mass is 370 g/mol. The lowest BCUT2D eigenvalue weighted by atomic mass is 10.1. The maximum absolute atomic E-state index is 11.2. The first-order valence-electron chi connectivity index (χ1n) is 6.40. The molecule has 0 fully saturated rings. The molecule has 0 aliphatic rings. The quantitative estimate of drug-likeness (QED) is 0.358. The summed E-state index contributed by atoms with van der Waals surface area (Å²) in [6, 6.07) is 8.00. The van der Waals surface area contributed by atoms with Crippen molar-refractivity contribution in [2.75, 3.05) is 11.5 Å². The Balaban J connectivity index is 2.43. The zero-order chi connectivity index (χ0) is 18.1. The maximum atomic E-state index is 11.2. The molecule has 0 aliphatic carbocycles. The smallest absolute Gasteiger partial charge is 0.296 e. The molecule has 0 amide bonds. The first kappa shape index (κ1) is 17.9. The van der Waals surface area contributed by atoms with Gasteiger partial charge in [0.15, 0.2) is 0 Å². The van der Waals surface area contributed by atoms with Crippen LogP contribution in [-0.4, -0.2) is 25.9 Å². The summed E-state index contributed by atoms with van der Waals surface area (Å²) in [5.41, 5.74) is 11.6. The second-order valence-electron chi connectivity index (χ2n) is 4.88. The molecule has 2 aromatic rings. The normalized spacial score (nSPS) is 12.6. The minimum atomic E-state index is -4.46. The average molecular weight is 370 g/mol. The molecule has 0 atom stereocenters. The van der Waals surface area contributed by atoms with Gasteiger partial charge in [0.1, 0.15) is 9.79 Å². The van der Waals surface area contributed by atoms with Crippen LogP contribution < -0.4 is 11.5 Å². The van der Waals surface area contributed by atoms with Crippen LogP contribution in [0.2, 0.25) is 0 Å². The lowest BCUT2D eigenvalue weighted by molar-refractivity contribution is 0.481. The van der Waals surface area contributed by atoms with E-state index >= 15 is 0 Å². The molecule has 0 bridgehead atoms. The molecule has 0 radical (unpaired) electrons. The fourth-order valence-electron chi connectivity index (χ4n) is 1.95. The van der Waals surface area contributed by atoms with Crippen LogP contribution in [0.25, 0.3) is 12.2 Å². The zero-order valence-electron chi connectivity index (χ0n) is 12.1. The summed E-state index contributed by atoms with van der Waals surface area (Å²) in [4.78, 5) is -0.860. The summed E-state index contributed by atoms with van der Waals surface area (Å²) in [5.74, 6) is 0. The fourth-order valence-corrected chi connectivity index (χ4v) is 3.25. The average Bonchev–Trinajstić information content (AvgIpc) is 2.45. The van der Waals surface area contributed by atoms with E-state index in [4.69, 9.17) is 20.6 Å². The molecule has 0 saturated heterocycles. The molecule has 6 N–H and O–H groups in total. The molecule has 0 saturated carbocycles. The van der Waals surface area contributed by atoms with E-state index < -0.39 is 30.0 Å². The molecule has 128 valence electrons. The Morgan fingerprint density at radius 3 is 1.33 bits per heavy atom. The summed E-state index contributed by atoms with van der Waals surface area (Å²) in [7, 11) is -8.92. The third kappa shape index (κ3) is 4.11. The van der Waals surface area contributed by atoms with E-state index in [0.717, 1.165) is 0 Å². The summed E-state index contributed by atoms with van der Waals surface area (Å²) < 4.78 is 63.1. The van der Waals surface area contributed by atoms with Crippen molar-refractivity contribution in [1.29, 1.82) is 0 Å². The number of benzene rings is 2. The van der Waals surface area contributed by atoms with Crippen molar-refractivity contribution in [2.24, 2.45) is 0 Å². The molecule has 0 spiro atoms. The fraction of sp³-hybridized carbons (Fsp3) is 0. The van der Waals surface area contributed by atoms with E-state index in [9.17, 15) is 16.8 Å². The Morgan fingerprint density at radius 1 is 0.708 bits per heavy atom. The summed E-state index contributed by atoms with van der Waals surface area (Å²) in [6.45, 7) is 0.